The van der Waals surface area contributed by atoms with E-state index in [2.05, 4.69) is 16.6 Å². The number of hydrogen-bond acceptors (Lipinski definition) is 4. The third kappa shape index (κ3) is 5.19. The average Bonchev–Trinajstić information content (AvgIpc) is 2.97. The summed E-state index contributed by atoms with van der Waals surface area (Å²) in [5.74, 6) is -0.0156. The van der Waals surface area contributed by atoms with Crippen LogP contribution in [-0.2, 0) is 17.0 Å². The predicted molar refractivity (Wildman–Crippen MR) is 151 cm³/mol. The van der Waals surface area contributed by atoms with Gasteiger partial charge in [-0.05, 0) is 40.5 Å². The smallest absolute Gasteiger partial charge is 0.281 e. The van der Waals surface area contributed by atoms with Crippen LogP contribution in [0.15, 0.2) is 126 Å². The highest BCUT2D eigenvalue weighted by atomic mass is 16.5. The van der Waals surface area contributed by atoms with Crippen molar-refractivity contribution >= 4 is 22.9 Å². The van der Waals surface area contributed by atoms with E-state index in [0.29, 0.717) is 23.5 Å². The molecule has 0 fully saturated rings. The quantitative estimate of drug-likeness (QED) is 0.199. The van der Waals surface area contributed by atoms with Crippen LogP contribution in [0, 0.1) is 6.92 Å². The van der Waals surface area contributed by atoms with E-state index < -0.39 is 11.5 Å². The van der Waals surface area contributed by atoms with Crippen LogP contribution in [0.3, 0.4) is 0 Å². The van der Waals surface area contributed by atoms with Crippen molar-refractivity contribution in [3.8, 4) is 5.75 Å². The number of aliphatic hydroxyl groups is 1. The van der Waals surface area contributed by atoms with Gasteiger partial charge in [-0.2, -0.15) is 5.10 Å². The fourth-order valence-electron chi connectivity index (χ4n) is 4.52. The van der Waals surface area contributed by atoms with Gasteiger partial charge in [0.15, 0.2) is 5.60 Å². The molecule has 188 valence electrons. The van der Waals surface area contributed by atoms with Crippen molar-refractivity contribution in [3.63, 3.8) is 0 Å². The number of carbonyl (C=O) groups excluding carboxylic acids is 1. The third-order valence-corrected chi connectivity index (χ3v) is 6.48. The van der Waals surface area contributed by atoms with Crippen LogP contribution in [0.1, 0.15) is 27.8 Å². The number of rotatable bonds is 8. The summed E-state index contributed by atoms with van der Waals surface area (Å²) in [6, 6.07) is 37.7. The number of hydrazone groups is 1. The SMILES string of the molecule is Cc1cccc(COc2ccc3ccccc3c2/C=N\NC(=O)C(O)(c2ccccc2)c2ccccc2)c1. The second-order valence-electron chi connectivity index (χ2n) is 9.12. The number of aryl methyl sites for hydroxylation is 1. The van der Waals surface area contributed by atoms with Gasteiger partial charge in [0.25, 0.3) is 5.91 Å². The van der Waals surface area contributed by atoms with Gasteiger partial charge in [0.1, 0.15) is 12.4 Å². The summed E-state index contributed by atoms with van der Waals surface area (Å²) in [7, 11) is 0. The molecule has 5 aromatic rings. The van der Waals surface area contributed by atoms with Gasteiger partial charge in [-0.15, -0.1) is 0 Å². The minimum absolute atomic E-state index is 0.398. The Bertz CT molecular complexity index is 1540. The lowest BCUT2D eigenvalue weighted by molar-refractivity contribution is -0.136. The van der Waals surface area contributed by atoms with Crippen molar-refractivity contribution in [1.29, 1.82) is 0 Å². The molecule has 2 N–H and O–H groups in total. The molecular formula is C33H28N2O3. The van der Waals surface area contributed by atoms with Gasteiger partial charge in [0.05, 0.1) is 6.21 Å². The number of benzene rings is 5. The molecule has 0 aliphatic rings. The van der Waals surface area contributed by atoms with E-state index in [0.717, 1.165) is 21.9 Å². The van der Waals surface area contributed by atoms with Crippen LogP contribution in [0.2, 0.25) is 0 Å². The first kappa shape index (κ1) is 24.9. The van der Waals surface area contributed by atoms with Crippen molar-refractivity contribution < 1.29 is 14.6 Å². The fourth-order valence-corrected chi connectivity index (χ4v) is 4.52. The maximum atomic E-state index is 13.4. The van der Waals surface area contributed by atoms with Gasteiger partial charge in [-0.3, -0.25) is 4.79 Å². The summed E-state index contributed by atoms with van der Waals surface area (Å²) in [5, 5.41) is 17.9. The van der Waals surface area contributed by atoms with Gasteiger partial charge in [-0.25, -0.2) is 5.43 Å². The molecule has 0 unspecified atom stereocenters. The zero-order valence-electron chi connectivity index (χ0n) is 21.0. The van der Waals surface area contributed by atoms with E-state index in [1.54, 1.807) is 54.7 Å². The Morgan fingerprint density at radius 2 is 1.50 bits per heavy atom. The van der Waals surface area contributed by atoms with Crippen LogP contribution in [0.4, 0.5) is 0 Å². The Labute approximate surface area is 222 Å². The summed E-state index contributed by atoms with van der Waals surface area (Å²) in [4.78, 5) is 13.4. The molecular weight excluding hydrogens is 472 g/mol. The van der Waals surface area contributed by atoms with Gasteiger partial charge in [0.2, 0.25) is 0 Å². The molecule has 5 heteroatoms. The number of fused-ring (bicyclic) bond motifs is 1. The Morgan fingerprint density at radius 3 is 2.18 bits per heavy atom. The first-order valence-corrected chi connectivity index (χ1v) is 12.4. The molecule has 0 radical (unpaired) electrons. The Kier molecular flexibility index (Phi) is 7.29. The Morgan fingerprint density at radius 1 is 0.842 bits per heavy atom. The average molecular weight is 501 g/mol. The fraction of sp³-hybridized carbons (Fsp3) is 0.0909. The van der Waals surface area contributed by atoms with Crippen LogP contribution < -0.4 is 10.2 Å². The molecule has 1 amide bonds. The van der Waals surface area contributed by atoms with Crippen molar-refractivity contribution in [2.45, 2.75) is 19.1 Å². The summed E-state index contributed by atoms with van der Waals surface area (Å²) in [6.45, 7) is 2.45. The summed E-state index contributed by atoms with van der Waals surface area (Å²) in [6.07, 6.45) is 1.57. The number of amides is 1. The molecule has 0 bridgehead atoms. The highest BCUT2D eigenvalue weighted by molar-refractivity contribution is 6.03. The lowest BCUT2D eigenvalue weighted by atomic mass is 9.85. The molecule has 0 aliphatic carbocycles. The van der Waals surface area contributed by atoms with Crippen LogP contribution in [-0.4, -0.2) is 17.2 Å². The normalized spacial score (nSPS) is 11.5. The highest BCUT2D eigenvalue weighted by Gasteiger charge is 2.39. The highest BCUT2D eigenvalue weighted by Crippen LogP contribution is 2.30. The minimum atomic E-state index is -1.91. The molecule has 0 saturated heterocycles. The monoisotopic (exact) mass is 500 g/mol. The molecule has 5 rings (SSSR count). The predicted octanol–water partition coefficient (Wildman–Crippen LogP) is 6.11. The molecule has 38 heavy (non-hydrogen) atoms. The Balaban J connectivity index is 1.45. The van der Waals surface area contributed by atoms with Crippen molar-refractivity contribution in [1.82, 2.24) is 5.43 Å². The zero-order valence-corrected chi connectivity index (χ0v) is 21.0. The van der Waals surface area contributed by atoms with Gasteiger partial charge in [-0.1, -0.05) is 121 Å². The van der Waals surface area contributed by atoms with E-state index in [4.69, 9.17) is 4.74 Å². The standard InChI is InChI=1S/C33H28N2O3/c1-24-11-10-12-25(21-24)23-38-31-20-19-26-13-8-9-18-29(26)30(31)22-34-35-32(36)33(37,27-14-4-2-5-15-27)28-16-6-3-7-17-28/h2-22,37H,23H2,1H3,(H,35,36)/b34-22-. The largest absolute Gasteiger partial charge is 0.488 e. The van der Waals surface area contributed by atoms with Crippen molar-refractivity contribution in [2.24, 2.45) is 5.10 Å². The maximum Gasteiger partial charge on any atom is 0.281 e. The van der Waals surface area contributed by atoms with Gasteiger partial charge >= 0.3 is 0 Å². The van der Waals surface area contributed by atoms with Crippen LogP contribution in [0.25, 0.3) is 10.8 Å². The van der Waals surface area contributed by atoms with E-state index in [1.165, 1.54) is 5.56 Å². The number of nitrogens with one attached hydrogen (secondary N) is 1. The van der Waals surface area contributed by atoms with E-state index in [-0.39, 0.29) is 0 Å². The molecule has 0 spiro atoms. The van der Waals surface area contributed by atoms with E-state index in [1.807, 2.05) is 73.7 Å². The third-order valence-electron chi connectivity index (χ3n) is 6.48. The zero-order chi connectivity index (χ0) is 26.4. The van der Waals surface area contributed by atoms with Crippen LogP contribution >= 0.6 is 0 Å². The first-order chi connectivity index (χ1) is 18.6. The Hall–Kier alpha value is -4.74. The number of ether oxygens (including phenoxy) is 1. The summed E-state index contributed by atoms with van der Waals surface area (Å²) in [5.41, 5.74) is 4.51. The summed E-state index contributed by atoms with van der Waals surface area (Å²) < 4.78 is 6.20. The molecule has 0 aliphatic heterocycles. The van der Waals surface area contributed by atoms with E-state index in [9.17, 15) is 9.90 Å². The lowest BCUT2D eigenvalue weighted by Crippen LogP contribution is -2.43. The maximum absolute atomic E-state index is 13.4. The second-order valence-corrected chi connectivity index (χ2v) is 9.12. The van der Waals surface area contributed by atoms with Gasteiger partial charge < -0.3 is 9.84 Å². The summed E-state index contributed by atoms with van der Waals surface area (Å²) >= 11 is 0. The second kappa shape index (κ2) is 11.1. The number of hydrogen-bond donors (Lipinski definition) is 2. The van der Waals surface area contributed by atoms with Crippen molar-refractivity contribution in [2.75, 3.05) is 0 Å². The molecule has 0 heterocycles. The van der Waals surface area contributed by atoms with E-state index >= 15 is 0 Å². The molecule has 5 nitrogen and oxygen atoms in total. The number of carbonyl (C=O) groups is 1. The molecule has 0 atom stereocenters. The molecule has 0 saturated carbocycles. The van der Waals surface area contributed by atoms with Crippen LogP contribution in [0.5, 0.6) is 5.75 Å². The molecule has 5 aromatic carbocycles. The first-order valence-electron chi connectivity index (χ1n) is 12.4. The lowest BCUT2D eigenvalue weighted by Gasteiger charge is -2.27. The van der Waals surface area contributed by atoms with Crippen molar-refractivity contribution in [3.05, 3.63) is 149 Å². The van der Waals surface area contributed by atoms with Gasteiger partial charge in [0, 0.05) is 5.56 Å². The topological polar surface area (TPSA) is 70.9 Å². The minimum Gasteiger partial charge on any atom is -0.488 e. The number of nitrogens with zero attached hydrogens (tertiary/aromatic N) is 1. The molecule has 0 aromatic heterocycles.